The van der Waals surface area contributed by atoms with Crippen molar-refractivity contribution >= 4 is 29.2 Å². The maximum atomic E-state index is 5.80. The molecule has 0 radical (unpaired) electrons. The van der Waals surface area contributed by atoms with E-state index in [4.69, 9.17) is 11.6 Å². The lowest BCUT2D eigenvalue weighted by Gasteiger charge is -2.22. The number of hydrogen-bond acceptors (Lipinski definition) is 5. The van der Waals surface area contributed by atoms with E-state index in [1.165, 1.54) is 0 Å². The molecule has 6 heteroatoms. The molecule has 0 unspecified atom stereocenters. The molecule has 0 atom stereocenters. The Morgan fingerprint density at radius 1 is 1.28 bits per heavy atom. The Morgan fingerprint density at radius 2 is 2.17 bits per heavy atom. The number of alkyl halides is 1. The van der Waals surface area contributed by atoms with Crippen LogP contribution in [-0.2, 0) is 0 Å². The molecule has 0 aromatic carbocycles. The van der Waals surface area contributed by atoms with Gasteiger partial charge in [-0.15, -0.1) is 23.4 Å². The summed E-state index contributed by atoms with van der Waals surface area (Å²) >= 11 is 7.46. The van der Waals surface area contributed by atoms with E-state index >= 15 is 0 Å². The van der Waals surface area contributed by atoms with Crippen molar-refractivity contribution in [1.29, 1.82) is 0 Å². The Morgan fingerprint density at radius 3 is 2.94 bits per heavy atom. The number of aromatic nitrogens is 2. The lowest BCUT2D eigenvalue weighted by atomic mass is 10.4. The van der Waals surface area contributed by atoms with Crippen LogP contribution >= 0.6 is 23.4 Å². The van der Waals surface area contributed by atoms with Crippen LogP contribution in [0, 0.1) is 0 Å². The van der Waals surface area contributed by atoms with Gasteiger partial charge < -0.3 is 9.80 Å². The maximum Gasteiger partial charge on any atom is 0.133 e. The van der Waals surface area contributed by atoms with Crippen LogP contribution < -0.4 is 4.90 Å². The van der Waals surface area contributed by atoms with Crippen molar-refractivity contribution in [3.63, 3.8) is 0 Å². The molecule has 1 aliphatic rings. The minimum absolute atomic E-state index is 0.712. The summed E-state index contributed by atoms with van der Waals surface area (Å²) in [6.07, 6.45) is 4.86. The van der Waals surface area contributed by atoms with Crippen LogP contribution in [-0.4, -0.2) is 59.7 Å². The van der Waals surface area contributed by atoms with E-state index in [2.05, 4.69) is 25.8 Å². The van der Waals surface area contributed by atoms with Crippen LogP contribution in [0.15, 0.2) is 17.4 Å². The second-order valence-electron chi connectivity index (χ2n) is 4.29. The van der Waals surface area contributed by atoms with Gasteiger partial charge in [0.2, 0.25) is 0 Å². The van der Waals surface area contributed by atoms with E-state index < -0.39 is 0 Å². The van der Waals surface area contributed by atoms with Gasteiger partial charge in [-0.05, 0) is 19.2 Å². The first-order valence-corrected chi connectivity index (χ1v) is 7.98. The minimum atomic E-state index is 0.712. The average molecular weight is 287 g/mol. The highest BCUT2D eigenvalue weighted by Crippen LogP contribution is 2.18. The van der Waals surface area contributed by atoms with Gasteiger partial charge in [-0.3, -0.25) is 0 Å². The summed E-state index contributed by atoms with van der Waals surface area (Å²) in [7, 11) is 0. The third-order valence-electron chi connectivity index (χ3n) is 3.15. The lowest BCUT2D eigenvalue weighted by Crippen LogP contribution is -2.32. The SMILES string of the molecule is CSc1cc(N2CCCN(CCCl)CC2)ncn1. The van der Waals surface area contributed by atoms with E-state index in [1.54, 1.807) is 18.1 Å². The number of nitrogens with zero attached hydrogens (tertiary/aromatic N) is 4. The summed E-state index contributed by atoms with van der Waals surface area (Å²) in [5, 5.41) is 1.03. The summed E-state index contributed by atoms with van der Waals surface area (Å²) < 4.78 is 0. The first-order valence-electron chi connectivity index (χ1n) is 6.23. The molecule has 4 nitrogen and oxygen atoms in total. The van der Waals surface area contributed by atoms with Crippen LogP contribution in [0.2, 0.25) is 0 Å². The van der Waals surface area contributed by atoms with Crippen molar-refractivity contribution in [2.75, 3.05) is 49.8 Å². The van der Waals surface area contributed by atoms with Crippen molar-refractivity contribution in [3.8, 4) is 0 Å². The minimum Gasteiger partial charge on any atom is -0.355 e. The first kappa shape index (κ1) is 13.9. The molecule has 2 heterocycles. The van der Waals surface area contributed by atoms with Crippen LogP contribution in [0.1, 0.15) is 6.42 Å². The predicted octanol–water partition coefficient (Wildman–Crippen LogP) is 1.95. The van der Waals surface area contributed by atoms with E-state index in [1.807, 2.05) is 6.26 Å². The Bertz CT molecular complexity index is 377. The van der Waals surface area contributed by atoms with Gasteiger partial charge in [-0.1, -0.05) is 0 Å². The molecule has 0 N–H and O–H groups in total. The largest absolute Gasteiger partial charge is 0.355 e. The van der Waals surface area contributed by atoms with E-state index in [0.717, 1.165) is 50.0 Å². The van der Waals surface area contributed by atoms with Crippen LogP contribution in [0.4, 0.5) is 5.82 Å². The van der Waals surface area contributed by atoms with Crippen LogP contribution in [0.25, 0.3) is 0 Å². The summed E-state index contributed by atoms with van der Waals surface area (Å²) in [6, 6.07) is 2.07. The fraction of sp³-hybridized carbons (Fsp3) is 0.667. The topological polar surface area (TPSA) is 32.3 Å². The summed E-state index contributed by atoms with van der Waals surface area (Å²) in [5.74, 6) is 1.76. The third kappa shape index (κ3) is 3.73. The van der Waals surface area contributed by atoms with E-state index in [-0.39, 0.29) is 0 Å². The highest BCUT2D eigenvalue weighted by molar-refractivity contribution is 7.98. The summed E-state index contributed by atoms with van der Waals surface area (Å²) in [6.45, 7) is 5.25. The van der Waals surface area contributed by atoms with Crippen molar-refractivity contribution in [3.05, 3.63) is 12.4 Å². The van der Waals surface area contributed by atoms with Gasteiger partial charge in [-0.25, -0.2) is 9.97 Å². The van der Waals surface area contributed by atoms with Crippen molar-refractivity contribution in [1.82, 2.24) is 14.9 Å². The molecule has 0 spiro atoms. The molecule has 0 bridgehead atoms. The van der Waals surface area contributed by atoms with Gasteiger partial charge >= 0.3 is 0 Å². The molecule has 1 fully saturated rings. The monoisotopic (exact) mass is 286 g/mol. The zero-order valence-corrected chi connectivity index (χ0v) is 12.3. The third-order valence-corrected chi connectivity index (χ3v) is 3.96. The number of rotatable bonds is 4. The van der Waals surface area contributed by atoms with Gasteiger partial charge in [0.05, 0.1) is 0 Å². The molecule has 1 aromatic heterocycles. The first-order chi connectivity index (χ1) is 8.83. The van der Waals surface area contributed by atoms with E-state index in [9.17, 15) is 0 Å². The maximum absolute atomic E-state index is 5.80. The smallest absolute Gasteiger partial charge is 0.133 e. The molecule has 100 valence electrons. The summed E-state index contributed by atoms with van der Waals surface area (Å²) in [5.41, 5.74) is 0. The Kier molecular flexibility index (Phi) is 5.53. The highest BCUT2D eigenvalue weighted by atomic mass is 35.5. The molecule has 2 rings (SSSR count). The molecule has 1 saturated heterocycles. The van der Waals surface area contributed by atoms with Gasteiger partial charge in [0, 0.05) is 38.1 Å². The molecule has 0 amide bonds. The average Bonchev–Trinajstić information content (AvgIpc) is 2.65. The normalized spacial score (nSPS) is 17.8. The van der Waals surface area contributed by atoms with Gasteiger partial charge in [0.25, 0.3) is 0 Å². The number of halogens is 1. The Labute approximate surface area is 118 Å². The Balaban J connectivity index is 2.00. The molecular formula is C12H19ClN4S. The van der Waals surface area contributed by atoms with Gasteiger partial charge in [0.15, 0.2) is 0 Å². The fourth-order valence-corrected chi connectivity index (χ4v) is 2.77. The molecular weight excluding hydrogens is 268 g/mol. The Hall–Kier alpha value is -0.520. The van der Waals surface area contributed by atoms with Gasteiger partial charge in [0.1, 0.15) is 17.2 Å². The molecule has 18 heavy (non-hydrogen) atoms. The fourth-order valence-electron chi connectivity index (χ4n) is 2.16. The van der Waals surface area contributed by atoms with E-state index in [0.29, 0.717) is 5.88 Å². The lowest BCUT2D eigenvalue weighted by molar-refractivity contribution is 0.311. The number of thioether (sulfide) groups is 1. The molecule has 1 aliphatic heterocycles. The number of anilines is 1. The zero-order valence-electron chi connectivity index (χ0n) is 10.7. The number of hydrogen-bond donors (Lipinski definition) is 0. The predicted molar refractivity (Wildman–Crippen MR) is 77.8 cm³/mol. The van der Waals surface area contributed by atoms with Crippen molar-refractivity contribution < 1.29 is 0 Å². The zero-order chi connectivity index (χ0) is 12.8. The molecule has 1 aromatic rings. The van der Waals surface area contributed by atoms with Crippen molar-refractivity contribution in [2.24, 2.45) is 0 Å². The van der Waals surface area contributed by atoms with Crippen LogP contribution in [0.3, 0.4) is 0 Å². The van der Waals surface area contributed by atoms with Gasteiger partial charge in [-0.2, -0.15) is 0 Å². The standard InChI is InChI=1S/C12H19ClN4S/c1-18-12-9-11(14-10-15-12)17-5-2-4-16(6-3-13)7-8-17/h9-10H,2-8H2,1H3. The summed E-state index contributed by atoms with van der Waals surface area (Å²) in [4.78, 5) is 13.4. The van der Waals surface area contributed by atoms with Crippen molar-refractivity contribution in [2.45, 2.75) is 11.4 Å². The molecule has 0 saturated carbocycles. The molecule has 0 aliphatic carbocycles. The quantitative estimate of drug-likeness (QED) is 0.480. The van der Waals surface area contributed by atoms with Crippen LogP contribution in [0.5, 0.6) is 0 Å². The highest BCUT2D eigenvalue weighted by Gasteiger charge is 2.15. The second kappa shape index (κ2) is 7.16. The second-order valence-corrected chi connectivity index (χ2v) is 5.49.